The SMILES string of the molecule is CC[C@H](C)NC(=O)[C@@H](Cc1ccccc1)N(Cc1cccc(C)c1)C(=O)CN(c1cc(Cl)ccc1C)S(C)(=O)=O. The van der Waals surface area contributed by atoms with Crippen LogP contribution in [-0.2, 0) is 32.6 Å². The molecule has 0 saturated carbocycles. The Hall–Kier alpha value is -3.36. The second kappa shape index (κ2) is 13.8. The van der Waals surface area contributed by atoms with E-state index in [9.17, 15) is 18.0 Å². The number of amides is 2. The molecule has 9 heteroatoms. The van der Waals surface area contributed by atoms with E-state index in [1.165, 1.54) is 11.0 Å². The highest BCUT2D eigenvalue weighted by Crippen LogP contribution is 2.27. The highest BCUT2D eigenvalue weighted by atomic mass is 35.5. The summed E-state index contributed by atoms with van der Waals surface area (Å²) in [7, 11) is -3.87. The first-order chi connectivity index (χ1) is 18.9. The summed E-state index contributed by atoms with van der Waals surface area (Å²) in [4.78, 5) is 29.4. The van der Waals surface area contributed by atoms with Gasteiger partial charge in [0.2, 0.25) is 21.8 Å². The van der Waals surface area contributed by atoms with Gasteiger partial charge in [0.05, 0.1) is 11.9 Å². The molecule has 7 nitrogen and oxygen atoms in total. The molecule has 0 spiro atoms. The van der Waals surface area contributed by atoms with E-state index >= 15 is 0 Å². The summed E-state index contributed by atoms with van der Waals surface area (Å²) >= 11 is 6.21. The number of hydrogen-bond donors (Lipinski definition) is 1. The van der Waals surface area contributed by atoms with Gasteiger partial charge in [-0.05, 0) is 56.0 Å². The molecule has 0 saturated heterocycles. The molecule has 2 atom stereocenters. The fourth-order valence-electron chi connectivity index (χ4n) is 4.45. The molecule has 40 heavy (non-hydrogen) atoms. The lowest BCUT2D eigenvalue weighted by Crippen LogP contribution is -2.54. The van der Waals surface area contributed by atoms with Gasteiger partial charge < -0.3 is 10.2 Å². The van der Waals surface area contributed by atoms with E-state index in [0.717, 1.165) is 33.7 Å². The Morgan fingerprint density at radius 1 is 0.950 bits per heavy atom. The highest BCUT2D eigenvalue weighted by Gasteiger charge is 2.33. The maximum atomic E-state index is 14.2. The first-order valence-corrected chi connectivity index (χ1v) is 15.5. The van der Waals surface area contributed by atoms with Gasteiger partial charge in [-0.1, -0.05) is 84.8 Å². The Bertz CT molecular complexity index is 1430. The zero-order valence-electron chi connectivity index (χ0n) is 23.7. The lowest BCUT2D eigenvalue weighted by atomic mass is 10.0. The topological polar surface area (TPSA) is 86.8 Å². The van der Waals surface area contributed by atoms with Crippen molar-refractivity contribution in [2.45, 2.75) is 59.2 Å². The normalized spacial score (nSPS) is 12.8. The number of halogens is 1. The highest BCUT2D eigenvalue weighted by molar-refractivity contribution is 7.92. The average Bonchev–Trinajstić information content (AvgIpc) is 2.90. The van der Waals surface area contributed by atoms with Gasteiger partial charge in [0.25, 0.3) is 0 Å². The Labute approximate surface area is 243 Å². The van der Waals surface area contributed by atoms with E-state index in [-0.39, 0.29) is 24.9 Å². The molecule has 0 aromatic heterocycles. The molecule has 214 valence electrons. The Balaban J connectivity index is 2.09. The number of nitrogens with zero attached hydrogens (tertiary/aromatic N) is 2. The van der Waals surface area contributed by atoms with Crippen LogP contribution in [0.3, 0.4) is 0 Å². The third kappa shape index (κ3) is 8.57. The standard InChI is InChI=1S/C31H38ClN3O4S/c1-6-24(4)33-31(37)29(18-25-12-8-7-9-13-25)34(20-26-14-10-11-22(2)17-26)30(36)21-35(40(5,38)39)28-19-27(32)16-15-23(28)3/h7-17,19,24,29H,6,18,20-21H2,1-5H3,(H,33,37)/t24-,29+/m0/s1. The van der Waals surface area contributed by atoms with Crippen LogP contribution >= 0.6 is 11.6 Å². The van der Waals surface area contributed by atoms with Crippen LogP contribution in [0.2, 0.25) is 5.02 Å². The van der Waals surface area contributed by atoms with Crippen molar-refractivity contribution in [2.75, 3.05) is 17.1 Å². The molecule has 0 fully saturated rings. The Morgan fingerprint density at radius 3 is 2.25 bits per heavy atom. The summed E-state index contributed by atoms with van der Waals surface area (Å²) in [6, 6.07) is 21.2. The van der Waals surface area contributed by atoms with Crippen LogP contribution in [0, 0.1) is 13.8 Å². The smallest absolute Gasteiger partial charge is 0.244 e. The van der Waals surface area contributed by atoms with Crippen molar-refractivity contribution in [3.63, 3.8) is 0 Å². The first-order valence-electron chi connectivity index (χ1n) is 13.3. The van der Waals surface area contributed by atoms with Crippen molar-refractivity contribution in [2.24, 2.45) is 0 Å². The van der Waals surface area contributed by atoms with Crippen LogP contribution in [0.5, 0.6) is 0 Å². The van der Waals surface area contributed by atoms with Crippen molar-refractivity contribution in [3.05, 3.63) is 100 Å². The van der Waals surface area contributed by atoms with Crippen LogP contribution < -0.4 is 9.62 Å². The third-order valence-electron chi connectivity index (χ3n) is 6.83. The minimum atomic E-state index is -3.87. The molecule has 0 aliphatic carbocycles. The van der Waals surface area contributed by atoms with Crippen LogP contribution in [0.15, 0.2) is 72.8 Å². The number of anilines is 1. The predicted octanol–water partition coefficient (Wildman–Crippen LogP) is 5.28. The zero-order valence-corrected chi connectivity index (χ0v) is 25.3. The zero-order chi connectivity index (χ0) is 29.4. The number of aryl methyl sites for hydroxylation is 2. The number of carbonyl (C=O) groups excluding carboxylic acids is 2. The van der Waals surface area contributed by atoms with Crippen molar-refractivity contribution in [1.29, 1.82) is 0 Å². The average molecular weight is 584 g/mol. The molecular weight excluding hydrogens is 546 g/mol. The summed E-state index contributed by atoms with van der Waals surface area (Å²) in [5.74, 6) is -0.782. The van der Waals surface area contributed by atoms with Gasteiger partial charge in [-0.2, -0.15) is 0 Å². The molecule has 0 aliphatic rings. The lowest BCUT2D eigenvalue weighted by Gasteiger charge is -2.34. The van der Waals surface area contributed by atoms with Gasteiger partial charge in [0, 0.05) is 24.0 Å². The number of sulfonamides is 1. The van der Waals surface area contributed by atoms with Crippen LogP contribution in [-0.4, -0.2) is 50.0 Å². The second-order valence-electron chi connectivity index (χ2n) is 10.2. The maximum absolute atomic E-state index is 14.2. The number of benzene rings is 3. The third-order valence-corrected chi connectivity index (χ3v) is 8.19. The molecular formula is C31H38ClN3O4S. The van der Waals surface area contributed by atoms with Crippen LogP contribution in [0.4, 0.5) is 5.69 Å². The van der Waals surface area contributed by atoms with Crippen LogP contribution in [0.25, 0.3) is 0 Å². The van der Waals surface area contributed by atoms with E-state index in [2.05, 4.69) is 5.32 Å². The van der Waals surface area contributed by atoms with E-state index in [4.69, 9.17) is 11.6 Å². The molecule has 0 bridgehead atoms. The van der Waals surface area contributed by atoms with E-state index in [0.29, 0.717) is 16.3 Å². The fraction of sp³-hybridized carbons (Fsp3) is 0.355. The quantitative estimate of drug-likeness (QED) is 0.314. The predicted molar refractivity (Wildman–Crippen MR) is 162 cm³/mol. The molecule has 0 unspecified atom stereocenters. The first kappa shape index (κ1) is 31.2. The minimum Gasteiger partial charge on any atom is -0.352 e. The van der Waals surface area contributed by atoms with Crippen molar-refractivity contribution in [3.8, 4) is 0 Å². The molecule has 3 aromatic rings. The number of carbonyl (C=O) groups is 2. The Morgan fingerprint density at radius 2 is 1.62 bits per heavy atom. The van der Waals surface area contributed by atoms with Gasteiger partial charge in [0.15, 0.2) is 0 Å². The summed E-state index contributed by atoms with van der Waals surface area (Å²) in [6.07, 6.45) is 2.06. The molecule has 1 N–H and O–H groups in total. The summed E-state index contributed by atoms with van der Waals surface area (Å²) in [5.41, 5.74) is 3.72. The molecule has 0 radical (unpaired) electrons. The lowest BCUT2D eigenvalue weighted by molar-refractivity contribution is -0.140. The van der Waals surface area contributed by atoms with Gasteiger partial charge in [0.1, 0.15) is 12.6 Å². The second-order valence-corrected chi connectivity index (χ2v) is 12.6. The number of hydrogen-bond acceptors (Lipinski definition) is 4. The van der Waals surface area contributed by atoms with Crippen molar-refractivity contribution < 1.29 is 18.0 Å². The number of nitrogens with one attached hydrogen (secondary N) is 1. The fourth-order valence-corrected chi connectivity index (χ4v) is 5.51. The van der Waals surface area contributed by atoms with Crippen LogP contribution in [0.1, 0.15) is 42.5 Å². The molecule has 3 aromatic carbocycles. The van der Waals surface area contributed by atoms with E-state index in [1.54, 1.807) is 19.1 Å². The summed E-state index contributed by atoms with van der Waals surface area (Å²) in [5, 5.41) is 3.39. The minimum absolute atomic E-state index is 0.0941. The van der Waals surface area contributed by atoms with E-state index in [1.807, 2.05) is 75.4 Å². The van der Waals surface area contributed by atoms with E-state index < -0.39 is 28.5 Å². The Kier molecular flexibility index (Phi) is 10.8. The summed E-state index contributed by atoms with van der Waals surface area (Å²) < 4.78 is 27.0. The van der Waals surface area contributed by atoms with Gasteiger partial charge in [-0.15, -0.1) is 0 Å². The van der Waals surface area contributed by atoms with Crippen molar-refractivity contribution >= 4 is 39.1 Å². The number of rotatable bonds is 12. The molecule has 2 amide bonds. The van der Waals surface area contributed by atoms with Crippen molar-refractivity contribution in [1.82, 2.24) is 10.2 Å². The molecule has 0 aliphatic heterocycles. The van der Waals surface area contributed by atoms with Gasteiger partial charge >= 0.3 is 0 Å². The molecule has 0 heterocycles. The summed E-state index contributed by atoms with van der Waals surface area (Å²) in [6.45, 7) is 7.27. The largest absolute Gasteiger partial charge is 0.352 e. The molecule has 3 rings (SSSR count). The monoisotopic (exact) mass is 583 g/mol. The maximum Gasteiger partial charge on any atom is 0.244 e. The van der Waals surface area contributed by atoms with Gasteiger partial charge in [-0.3, -0.25) is 13.9 Å². The van der Waals surface area contributed by atoms with Gasteiger partial charge in [-0.25, -0.2) is 8.42 Å².